The second kappa shape index (κ2) is 5.00. The Bertz CT molecular complexity index is 168. The van der Waals surface area contributed by atoms with Crippen molar-refractivity contribution in [2.75, 3.05) is 6.61 Å². The number of rotatable bonds is 4. The fraction of sp³-hybridized carbons (Fsp3) is 0.778. The zero-order chi connectivity index (χ0) is 8.97. The van der Waals surface area contributed by atoms with Gasteiger partial charge in [0, 0.05) is 6.61 Å². The smallest absolute Gasteiger partial charge is 0.155 e. The third-order valence-electron chi connectivity index (χ3n) is 1.80. The molecule has 0 amide bonds. The maximum atomic E-state index is 5.59. The Hall–Kier alpha value is 0.140. The molecular weight excluding hydrogens is 220 g/mol. The van der Waals surface area contributed by atoms with E-state index in [0.717, 1.165) is 12.8 Å². The van der Waals surface area contributed by atoms with Gasteiger partial charge in [-0.15, -0.1) is 0 Å². The molecule has 3 heteroatoms. The first-order valence-electron chi connectivity index (χ1n) is 4.35. The van der Waals surface area contributed by atoms with E-state index < -0.39 is 0 Å². The molecule has 1 aliphatic rings. The second-order valence-electron chi connectivity index (χ2n) is 2.85. The molecule has 12 heavy (non-hydrogen) atoms. The van der Waals surface area contributed by atoms with Crippen LogP contribution in [0.4, 0.5) is 0 Å². The molecule has 0 bridgehead atoms. The first kappa shape index (κ1) is 10.2. The number of hydrogen-bond acceptors (Lipinski definition) is 2. The van der Waals surface area contributed by atoms with Crippen molar-refractivity contribution in [1.82, 2.24) is 0 Å². The number of halogens is 1. The van der Waals surface area contributed by atoms with Crippen LogP contribution in [-0.4, -0.2) is 19.0 Å². The third kappa shape index (κ3) is 3.25. The highest BCUT2D eigenvalue weighted by Gasteiger charge is 2.16. The summed E-state index contributed by atoms with van der Waals surface area (Å²) in [6.45, 7) is 4.61. The van der Waals surface area contributed by atoms with Gasteiger partial charge in [0.2, 0.25) is 0 Å². The zero-order valence-corrected chi connectivity index (χ0v) is 9.13. The molecule has 0 N–H and O–H groups in total. The van der Waals surface area contributed by atoms with Crippen LogP contribution in [0.5, 0.6) is 0 Å². The lowest BCUT2D eigenvalue weighted by atomic mass is 10.3. The van der Waals surface area contributed by atoms with Crippen LogP contribution >= 0.6 is 15.9 Å². The zero-order valence-electron chi connectivity index (χ0n) is 7.55. The Labute approximate surface area is 82.1 Å². The largest absolute Gasteiger partial charge is 0.353 e. The average Bonchev–Trinajstić information content (AvgIpc) is 2.36. The molecule has 0 saturated carbocycles. The van der Waals surface area contributed by atoms with E-state index in [1.807, 2.05) is 13.8 Å². The SMILES string of the molecule is CCOC(C)OC1C=C(Br)CC1. The van der Waals surface area contributed by atoms with Crippen molar-refractivity contribution in [3.05, 3.63) is 10.6 Å². The molecule has 0 aromatic rings. The summed E-state index contributed by atoms with van der Waals surface area (Å²) in [5.74, 6) is 0. The Kier molecular flexibility index (Phi) is 4.26. The van der Waals surface area contributed by atoms with Gasteiger partial charge in [-0.25, -0.2) is 0 Å². The maximum Gasteiger partial charge on any atom is 0.155 e. The Morgan fingerprint density at radius 3 is 3.00 bits per heavy atom. The van der Waals surface area contributed by atoms with Gasteiger partial charge in [0.25, 0.3) is 0 Å². The van der Waals surface area contributed by atoms with E-state index in [1.165, 1.54) is 4.48 Å². The van der Waals surface area contributed by atoms with Gasteiger partial charge in [0.1, 0.15) is 0 Å². The summed E-state index contributed by atoms with van der Waals surface area (Å²) in [6.07, 6.45) is 4.41. The van der Waals surface area contributed by atoms with E-state index in [2.05, 4.69) is 22.0 Å². The summed E-state index contributed by atoms with van der Waals surface area (Å²) >= 11 is 3.45. The standard InChI is InChI=1S/C9H15BrO2/c1-3-11-7(2)12-9-5-4-8(10)6-9/h6-7,9H,3-5H2,1-2H3. The van der Waals surface area contributed by atoms with Crippen molar-refractivity contribution in [2.45, 2.75) is 39.1 Å². The van der Waals surface area contributed by atoms with E-state index in [9.17, 15) is 0 Å². The summed E-state index contributed by atoms with van der Waals surface area (Å²) in [5, 5.41) is 0. The van der Waals surface area contributed by atoms with E-state index >= 15 is 0 Å². The molecule has 0 aromatic carbocycles. The van der Waals surface area contributed by atoms with E-state index in [1.54, 1.807) is 0 Å². The lowest BCUT2D eigenvalue weighted by Gasteiger charge is -2.16. The normalized spacial score (nSPS) is 25.6. The van der Waals surface area contributed by atoms with Crippen LogP contribution in [0.1, 0.15) is 26.7 Å². The van der Waals surface area contributed by atoms with E-state index in [-0.39, 0.29) is 12.4 Å². The minimum atomic E-state index is -0.0883. The highest BCUT2D eigenvalue weighted by molar-refractivity contribution is 9.11. The summed E-state index contributed by atoms with van der Waals surface area (Å²) in [7, 11) is 0. The molecule has 0 fully saturated rings. The first-order valence-corrected chi connectivity index (χ1v) is 5.15. The highest BCUT2D eigenvalue weighted by atomic mass is 79.9. The molecule has 0 aliphatic heterocycles. The lowest BCUT2D eigenvalue weighted by Crippen LogP contribution is -2.19. The monoisotopic (exact) mass is 234 g/mol. The predicted octanol–water partition coefficient (Wildman–Crippen LogP) is 2.83. The lowest BCUT2D eigenvalue weighted by molar-refractivity contribution is -0.145. The molecule has 0 aromatic heterocycles. The molecule has 2 unspecified atom stereocenters. The minimum absolute atomic E-state index is 0.0883. The third-order valence-corrected chi connectivity index (χ3v) is 2.46. The van der Waals surface area contributed by atoms with Crippen molar-refractivity contribution in [1.29, 1.82) is 0 Å². The van der Waals surface area contributed by atoms with Gasteiger partial charge in [-0.2, -0.15) is 0 Å². The summed E-state index contributed by atoms with van der Waals surface area (Å²) in [4.78, 5) is 0. The molecular formula is C9H15BrO2. The van der Waals surface area contributed by atoms with Gasteiger partial charge < -0.3 is 9.47 Å². The van der Waals surface area contributed by atoms with Crippen molar-refractivity contribution in [3.8, 4) is 0 Å². The maximum absolute atomic E-state index is 5.59. The molecule has 2 atom stereocenters. The van der Waals surface area contributed by atoms with Crippen molar-refractivity contribution < 1.29 is 9.47 Å². The van der Waals surface area contributed by atoms with Crippen LogP contribution in [0.15, 0.2) is 10.6 Å². The summed E-state index contributed by atoms with van der Waals surface area (Å²) in [6, 6.07) is 0. The van der Waals surface area contributed by atoms with Crippen LogP contribution in [0.3, 0.4) is 0 Å². The van der Waals surface area contributed by atoms with Crippen LogP contribution in [0.25, 0.3) is 0 Å². The molecule has 0 radical (unpaired) electrons. The number of allylic oxidation sites excluding steroid dienone is 1. The average molecular weight is 235 g/mol. The van der Waals surface area contributed by atoms with Crippen LogP contribution in [0.2, 0.25) is 0 Å². The topological polar surface area (TPSA) is 18.5 Å². The van der Waals surface area contributed by atoms with Gasteiger partial charge in [-0.05, 0) is 37.2 Å². The van der Waals surface area contributed by atoms with Gasteiger partial charge in [0.15, 0.2) is 6.29 Å². The molecule has 0 heterocycles. The quantitative estimate of drug-likeness (QED) is 0.697. The molecule has 1 aliphatic carbocycles. The number of hydrogen-bond donors (Lipinski definition) is 0. The second-order valence-corrected chi connectivity index (χ2v) is 3.87. The summed E-state index contributed by atoms with van der Waals surface area (Å²) in [5.41, 5.74) is 0. The molecule has 70 valence electrons. The summed E-state index contributed by atoms with van der Waals surface area (Å²) < 4.78 is 12.1. The first-order chi connectivity index (χ1) is 5.72. The van der Waals surface area contributed by atoms with Crippen LogP contribution < -0.4 is 0 Å². The van der Waals surface area contributed by atoms with Gasteiger partial charge in [0.05, 0.1) is 6.10 Å². The Morgan fingerprint density at radius 2 is 2.50 bits per heavy atom. The fourth-order valence-electron chi connectivity index (χ4n) is 1.28. The van der Waals surface area contributed by atoms with E-state index in [0.29, 0.717) is 6.61 Å². The Morgan fingerprint density at radius 1 is 1.75 bits per heavy atom. The molecule has 2 nitrogen and oxygen atoms in total. The van der Waals surface area contributed by atoms with Crippen molar-refractivity contribution in [3.63, 3.8) is 0 Å². The van der Waals surface area contributed by atoms with Gasteiger partial charge in [-0.3, -0.25) is 0 Å². The minimum Gasteiger partial charge on any atom is -0.353 e. The molecule has 0 spiro atoms. The predicted molar refractivity (Wildman–Crippen MR) is 52.2 cm³/mol. The van der Waals surface area contributed by atoms with E-state index in [4.69, 9.17) is 9.47 Å². The van der Waals surface area contributed by atoms with Crippen LogP contribution in [0, 0.1) is 0 Å². The number of ether oxygens (including phenoxy) is 2. The Balaban J connectivity index is 2.23. The highest BCUT2D eigenvalue weighted by Crippen LogP contribution is 2.26. The fourth-order valence-corrected chi connectivity index (χ4v) is 1.80. The molecule has 1 rings (SSSR count). The van der Waals surface area contributed by atoms with Gasteiger partial charge >= 0.3 is 0 Å². The van der Waals surface area contributed by atoms with Crippen molar-refractivity contribution in [2.24, 2.45) is 0 Å². The van der Waals surface area contributed by atoms with Crippen molar-refractivity contribution >= 4 is 15.9 Å². The van der Waals surface area contributed by atoms with Gasteiger partial charge in [-0.1, -0.05) is 15.9 Å². The molecule has 0 saturated heterocycles. The van der Waals surface area contributed by atoms with Crippen LogP contribution in [-0.2, 0) is 9.47 Å².